The Morgan fingerprint density at radius 1 is 0.952 bits per heavy atom. The van der Waals surface area contributed by atoms with Gasteiger partial charge in [0.25, 0.3) is 0 Å². The molecule has 0 heterocycles. The monoisotopic (exact) mass is 345 g/mol. The molecule has 0 spiro atoms. The van der Waals surface area contributed by atoms with Crippen LogP contribution in [0.2, 0.25) is 0 Å². The van der Waals surface area contributed by atoms with E-state index in [-0.39, 0.29) is 0 Å². The van der Waals surface area contributed by atoms with E-state index in [1.165, 1.54) is 22.0 Å². The summed E-state index contributed by atoms with van der Waals surface area (Å²) in [5, 5.41) is 3.58. The quantitative estimate of drug-likeness (QED) is 0.674. The van der Waals surface area contributed by atoms with Crippen molar-refractivity contribution in [3.05, 3.63) is 70.2 Å². The van der Waals surface area contributed by atoms with Crippen LogP contribution in [0.4, 0.5) is 0 Å². The predicted octanol–water partition coefficient (Wildman–Crippen LogP) is 4.85. The van der Waals surface area contributed by atoms with Crippen molar-refractivity contribution in [1.29, 1.82) is 0 Å². The Balaban J connectivity index is 2.01. The van der Waals surface area contributed by atoms with E-state index < -0.39 is 0 Å². The SMILES string of the molecule is CCCNCC(Cc1ccccc1)Cc1cccc(Br)c1. The fourth-order valence-electron chi connectivity index (χ4n) is 2.64. The van der Waals surface area contributed by atoms with Crippen LogP contribution in [-0.4, -0.2) is 13.1 Å². The zero-order chi connectivity index (χ0) is 14.9. The van der Waals surface area contributed by atoms with Crippen molar-refractivity contribution in [1.82, 2.24) is 5.32 Å². The third kappa shape index (κ3) is 6.03. The number of nitrogens with one attached hydrogen (secondary N) is 1. The van der Waals surface area contributed by atoms with Crippen LogP contribution in [0.5, 0.6) is 0 Å². The zero-order valence-corrected chi connectivity index (χ0v) is 14.3. The van der Waals surface area contributed by atoms with Crippen LogP contribution < -0.4 is 5.32 Å². The summed E-state index contributed by atoms with van der Waals surface area (Å²) in [6.45, 7) is 4.40. The highest BCUT2D eigenvalue weighted by atomic mass is 79.9. The van der Waals surface area contributed by atoms with Gasteiger partial charge < -0.3 is 5.32 Å². The van der Waals surface area contributed by atoms with Crippen molar-refractivity contribution < 1.29 is 0 Å². The molecule has 2 aromatic rings. The summed E-state index contributed by atoms with van der Waals surface area (Å²) in [5.74, 6) is 0.633. The fourth-order valence-corrected chi connectivity index (χ4v) is 3.09. The average molecular weight is 346 g/mol. The zero-order valence-electron chi connectivity index (χ0n) is 12.7. The highest BCUT2D eigenvalue weighted by Crippen LogP contribution is 2.18. The first-order valence-electron chi connectivity index (χ1n) is 7.77. The summed E-state index contributed by atoms with van der Waals surface area (Å²) in [5.41, 5.74) is 2.83. The summed E-state index contributed by atoms with van der Waals surface area (Å²) >= 11 is 3.57. The van der Waals surface area contributed by atoms with E-state index in [1.54, 1.807) is 0 Å². The Kier molecular flexibility index (Phi) is 6.98. The van der Waals surface area contributed by atoms with Gasteiger partial charge >= 0.3 is 0 Å². The first-order chi connectivity index (χ1) is 10.3. The molecule has 0 fully saturated rings. The molecule has 1 atom stereocenters. The van der Waals surface area contributed by atoms with E-state index in [0.29, 0.717) is 5.92 Å². The van der Waals surface area contributed by atoms with Crippen LogP contribution in [0.1, 0.15) is 24.5 Å². The summed E-state index contributed by atoms with van der Waals surface area (Å²) in [4.78, 5) is 0. The van der Waals surface area contributed by atoms with Crippen molar-refractivity contribution in [2.45, 2.75) is 26.2 Å². The van der Waals surface area contributed by atoms with Gasteiger partial charge in [-0.05, 0) is 61.5 Å². The predicted molar refractivity (Wildman–Crippen MR) is 94.6 cm³/mol. The molecule has 2 rings (SSSR count). The van der Waals surface area contributed by atoms with E-state index in [1.807, 2.05) is 0 Å². The number of halogens is 1. The fraction of sp³-hybridized carbons (Fsp3) is 0.368. The molecule has 1 unspecified atom stereocenters. The average Bonchev–Trinajstić information content (AvgIpc) is 2.48. The first kappa shape index (κ1) is 16.3. The summed E-state index contributed by atoms with van der Waals surface area (Å²) in [6, 6.07) is 19.5. The van der Waals surface area contributed by atoms with Crippen LogP contribution in [0.3, 0.4) is 0 Å². The molecule has 1 nitrogen and oxygen atoms in total. The third-order valence-electron chi connectivity index (χ3n) is 3.64. The van der Waals surface area contributed by atoms with Crippen molar-refractivity contribution in [3.8, 4) is 0 Å². The highest BCUT2D eigenvalue weighted by molar-refractivity contribution is 9.10. The lowest BCUT2D eigenvalue weighted by molar-refractivity contribution is 0.471. The number of hydrogen-bond donors (Lipinski definition) is 1. The Labute approximate surface area is 136 Å². The van der Waals surface area contributed by atoms with Gasteiger partial charge in [0.2, 0.25) is 0 Å². The largest absolute Gasteiger partial charge is 0.316 e. The van der Waals surface area contributed by atoms with Gasteiger partial charge in [0.1, 0.15) is 0 Å². The van der Waals surface area contributed by atoms with Gasteiger partial charge in [0, 0.05) is 4.47 Å². The Bertz CT molecular complexity index is 524. The highest BCUT2D eigenvalue weighted by Gasteiger charge is 2.11. The standard InChI is InChI=1S/C19H24BrN/c1-2-11-21-15-18(12-16-7-4-3-5-8-16)13-17-9-6-10-19(20)14-17/h3-10,14,18,21H,2,11-13,15H2,1H3. The maximum atomic E-state index is 3.58. The molecule has 112 valence electrons. The van der Waals surface area contributed by atoms with Crippen molar-refractivity contribution in [2.24, 2.45) is 5.92 Å². The molecular formula is C19H24BrN. The second-order valence-electron chi connectivity index (χ2n) is 5.59. The maximum Gasteiger partial charge on any atom is 0.0177 e. The molecular weight excluding hydrogens is 322 g/mol. The molecule has 0 bridgehead atoms. The molecule has 0 saturated carbocycles. The normalized spacial score (nSPS) is 12.3. The molecule has 2 aromatic carbocycles. The van der Waals surface area contributed by atoms with Crippen LogP contribution in [0.25, 0.3) is 0 Å². The minimum Gasteiger partial charge on any atom is -0.316 e. The van der Waals surface area contributed by atoms with Crippen LogP contribution in [0, 0.1) is 5.92 Å². The molecule has 0 radical (unpaired) electrons. The molecule has 0 aliphatic rings. The molecule has 0 aromatic heterocycles. The van der Waals surface area contributed by atoms with Gasteiger partial charge in [0.15, 0.2) is 0 Å². The lowest BCUT2D eigenvalue weighted by atomic mass is 9.92. The van der Waals surface area contributed by atoms with E-state index in [4.69, 9.17) is 0 Å². The van der Waals surface area contributed by atoms with Crippen LogP contribution >= 0.6 is 15.9 Å². The second-order valence-corrected chi connectivity index (χ2v) is 6.51. The second kappa shape index (κ2) is 9.01. The molecule has 0 aliphatic heterocycles. The molecule has 0 aliphatic carbocycles. The van der Waals surface area contributed by atoms with E-state index in [9.17, 15) is 0 Å². The summed E-state index contributed by atoms with van der Waals surface area (Å²) in [6.07, 6.45) is 3.43. The van der Waals surface area contributed by atoms with Crippen molar-refractivity contribution in [3.63, 3.8) is 0 Å². The minimum atomic E-state index is 0.633. The summed E-state index contributed by atoms with van der Waals surface area (Å²) in [7, 11) is 0. The van der Waals surface area contributed by atoms with Gasteiger partial charge in [-0.15, -0.1) is 0 Å². The van der Waals surface area contributed by atoms with Gasteiger partial charge in [-0.1, -0.05) is 65.3 Å². The Hall–Kier alpha value is -1.12. The maximum absolute atomic E-state index is 3.58. The van der Waals surface area contributed by atoms with Crippen LogP contribution in [0.15, 0.2) is 59.1 Å². The molecule has 21 heavy (non-hydrogen) atoms. The van der Waals surface area contributed by atoms with Crippen molar-refractivity contribution >= 4 is 15.9 Å². The van der Waals surface area contributed by atoms with Gasteiger partial charge in [-0.25, -0.2) is 0 Å². The number of hydrogen-bond acceptors (Lipinski definition) is 1. The summed E-state index contributed by atoms with van der Waals surface area (Å²) < 4.78 is 1.17. The van der Waals surface area contributed by atoms with Crippen LogP contribution in [-0.2, 0) is 12.8 Å². The molecule has 1 N–H and O–H groups in total. The Morgan fingerprint density at radius 3 is 2.38 bits per heavy atom. The number of benzene rings is 2. The molecule has 0 amide bonds. The lowest BCUT2D eigenvalue weighted by Gasteiger charge is -2.18. The molecule has 2 heteroatoms. The van der Waals surface area contributed by atoms with E-state index in [2.05, 4.69) is 82.8 Å². The Morgan fingerprint density at radius 2 is 1.67 bits per heavy atom. The van der Waals surface area contributed by atoms with E-state index >= 15 is 0 Å². The smallest absolute Gasteiger partial charge is 0.0177 e. The van der Waals surface area contributed by atoms with Crippen molar-refractivity contribution in [2.75, 3.05) is 13.1 Å². The van der Waals surface area contributed by atoms with Gasteiger partial charge in [-0.2, -0.15) is 0 Å². The first-order valence-corrected chi connectivity index (χ1v) is 8.56. The minimum absolute atomic E-state index is 0.633. The third-order valence-corrected chi connectivity index (χ3v) is 4.13. The van der Waals surface area contributed by atoms with Gasteiger partial charge in [-0.3, -0.25) is 0 Å². The topological polar surface area (TPSA) is 12.0 Å². The number of rotatable bonds is 8. The molecule has 0 saturated heterocycles. The van der Waals surface area contributed by atoms with E-state index in [0.717, 1.165) is 25.9 Å². The van der Waals surface area contributed by atoms with Gasteiger partial charge in [0.05, 0.1) is 0 Å². The lowest BCUT2D eigenvalue weighted by Crippen LogP contribution is -2.26.